The van der Waals surface area contributed by atoms with Crippen LogP contribution >= 0.6 is 0 Å². The fourth-order valence-electron chi connectivity index (χ4n) is 7.23. The van der Waals surface area contributed by atoms with Gasteiger partial charge in [-0.15, -0.1) is 0 Å². The highest BCUT2D eigenvalue weighted by atomic mass is 32.2. The number of fused-ring (bicyclic) bond motifs is 1. The maximum absolute atomic E-state index is 14.8. The van der Waals surface area contributed by atoms with Crippen molar-refractivity contribution in [3.63, 3.8) is 0 Å². The van der Waals surface area contributed by atoms with Crippen LogP contribution in [0.2, 0.25) is 0 Å². The molecule has 10 nitrogen and oxygen atoms in total. The Balaban J connectivity index is 1.20. The second-order valence-electron chi connectivity index (χ2n) is 12.7. The molecule has 4 aromatic rings. The summed E-state index contributed by atoms with van der Waals surface area (Å²) in [5.41, 5.74) is 1.59. The summed E-state index contributed by atoms with van der Waals surface area (Å²) in [5, 5.41) is 12.7. The lowest BCUT2D eigenvalue weighted by Gasteiger charge is -2.28. The zero-order valence-electron chi connectivity index (χ0n) is 26.1. The van der Waals surface area contributed by atoms with Crippen LogP contribution in [0.15, 0.2) is 120 Å². The topological polar surface area (TPSA) is 136 Å². The van der Waals surface area contributed by atoms with Crippen LogP contribution in [0.3, 0.4) is 0 Å². The second-order valence-corrected chi connectivity index (χ2v) is 14.7. The van der Waals surface area contributed by atoms with Gasteiger partial charge in [0.2, 0.25) is 10.0 Å². The minimum Gasteiger partial charge on any atom is -0.357 e. The number of aromatic nitrogens is 2. The van der Waals surface area contributed by atoms with Crippen molar-refractivity contribution >= 4 is 21.7 Å². The first-order chi connectivity index (χ1) is 23.3. The van der Waals surface area contributed by atoms with Gasteiger partial charge in [-0.2, -0.15) is 9.57 Å². The smallest absolute Gasteiger partial charge is 0.254 e. The molecule has 0 radical (unpaired) electrons. The summed E-state index contributed by atoms with van der Waals surface area (Å²) in [5.74, 6) is 0.443. The van der Waals surface area contributed by atoms with Gasteiger partial charge in [-0.25, -0.2) is 8.42 Å². The van der Waals surface area contributed by atoms with Crippen LogP contribution in [0.5, 0.6) is 0 Å². The summed E-state index contributed by atoms with van der Waals surface area (Å²) in [6, 6.07) is 24.5. The maximum Gasteiger partial charge on any atom is 0.254 e. The molecule has 3 aliphatic rings. The Hall–Kier alpha value is -5.18. The van der Waals surface area contributed by atoms with Crippen molar-refractivity contribution in [3.05, 3.63) is 138 Å². The van der Waals surface area contributed by atoms with E-state index in [1.807, 2.05) is 24.3 Å². The molecule has 1 aliphatic carbocycles. The summed E-state index contributed by atoms with van der Waals surface area (Å²) in [4.78, 5) is 38.6. The molecule has 2 saturated heterocycles. The molecular weight excluding hydrogens is 625 g/mol. The molecule has 1 saturated carbocycles. The van der Waals surface area contributed by atoms with Crippen LogP contribution < -0.4 is 5.32 Å². The molecule has 1 amide bonds. The monoisotopic (exact) mass is 658 g/mol. The number of piperidine rings is 1. The van der Waals surface area contributed by atoms with Gasteiger partial charge in [-0.05, 0) is 96.0 Å². The highest BCUT2D eigenvalue weighted by Gasteiger charge is 2.57. The highest BCUT2D eigenvalue weighted by molar-refractivity contribution is 7.89. The molecule has 3 unspecified atom stereocenters. The molecule has 2 aromatic heterocycles. The lowest BCUT2D eigenvalue weighted by Crippen LogP contribution is -2.50. The summed E-state index contributed by atoms with van der Waals surface area (Å²) in [6.07, 6.45) is 9.68. The van der Waals surface area contributed by atoms with Crippen molar-refractivity contribution < 1.29 is 18.0 Å². The third kappa shape index (κ3) is 6.12. The number of sulfonamides is 1. The van der Waals surface area contributed by atoms with Crippen LogP contribution in [0.25, 0.3) is 0 Å². The van der Waals surface area contributed by atoms with E-state index < -0.39 is 15.6 Å². The normalized spacial score (nSPS) is 22.5. The van der Waals surface area contributed by atoms with E-state index in [2.05, 4.69) is 21.4 Å². The lowest BCUT2D eigenvalue weighted by molar-refractivity contribution is -0.132. The quantitative estimate of drug-likeness (QED) is 0.200. The summed E-state index contributed by atoms with van der Waals surface area (Å²) < 4.78 is 28.4. The fraction of sp³-hybridized carbons (Fsp3) is 0.270. The molecule has 242 valence electrons. The first-order valence-corrected chi connectivity index (χ1v) is 17.4. The van der Waals surface area contributed by atoms with Crippen LogP contribution in [-0.2, 0) is 27.7 Å². The van der Waals surface area contributed by atoms with E-state index in [9.17, 15) is 23.3 Å². The molecule has 48 heavy (non-hydrogen) atoms. The Morgan fingerprint density at radius 1 is 0.917 bits per heavy atom. The Kier molecular flexibility index (Phi) is 8.37. The molecular formula is C37H34N6O4S. The van der Waals surface area contributed by atoms with E-state index in [4.69, 9.17) is 0 Å². The predicted molar refractivity (Wildman–Crippen MR) is 177 cm³/mol. The van der Waals surface area contributed by atoms with Crippen LogP contribution in [0.1, 0.15) is 33.5 Å². The van der Waals surface area contributed by atoms with E-state index in [0.717, 1.165) is 11.1 Å². The molecule has 7 rings (SSSR count). The van der Waals surface area contributed by atoms with Gasteiger partial charge in [0.15, 0.2) is 5.78 Å². The SMILES string of the molecule is N#Cc1ccc(C(=O)/C=C2\NC(Cc3ccncc3)(Cc3ccncc3)C(=O)N2CC2C3CCN(S(=O)(=O)c4ccccc4)CC32)cc1. The molecule has 3 fully saturated rings. The second kappa shape index (κ2) is 12.8. The molecule has 11 heteroatoms. The van der Waals surface area contributed by atoms with Crippen molar-refractivity contribution in [2.75, 3.05) is 19.6 Å². The van der Waals surface area contributed by atoms with Gasteiger partial charge >= 0.3 is 0 Å². The molecule has 2 aliphatic heterocycles. The van der Waals surface area contributed by atoms with Crippen LogP contribution in [-0.4, -0.2) is 64.5 Å². The van der Waals surface area contributed by atoms with E-state index in [-0.39, 0.29) is 34.3 Å². The van der Waals surface area contributed by atoms with E-state index in [1.54, 1.807) is 88.6 Å². The number of nitriles is 1. The average molecular weight is 659 g/mol. The number of amides is 1. The molecule has 0 spiro atoms. The molecule has 3 atom stereocenters. The summed E-state index contributed by atoms with van der Waals surface area (Å²) in [7, 11) is -3.63. The van der Waals surface area contributed by atoms with Gasteiger partial charge in [0, 0.05) is 68.9 Å². The number of pyridine rings is 2. The Morgan fingerprint density at radius 2 is 1.54 bits per heavy atom. The number of hydrogen-bond donors (Lipinski definition) is 1. The van der Waals surface area contributed by atoms with E-state index >= 15 is 0 Å². The number of carbonyl (C=O) groups is 2. The Morgan fingerprint density at radius 3 is 2.15 bits per heavy atom. The molecule has 1 N–H and O–H groups in total. The van der Waals surface area contributed by atoms with Crippen LogP contribution in [0, 0.1) is 29.1 Å². The number of nitrogens with zero attached hydrogens (tertiary/aromatic N) is 5. The van der Waals surface area contributed by atoms with Gasteiger partial charge in [-0.3, -0.25) is 24.5 Å². The van der Waals surface area contributed by atoms with Crippen LogP contribution in [0.4, 0.5) is 0 Å². The van der Waals surface area contributed by atoms with Crippen molar-refractivity contribution in [2.45, 2.75) is 29.7 Å². The number of benzene rings is 2. The standard InChI is InChI=1S/C37H34N6O4S/c38-23-28-6-8-29(9-7-28)34(44)20-35-41-37(21-26-10-15-39-16-11-26,22-27-12-17-40-18-13-27)36(45)43(35)25-33-31-14-19-42(24-32(31)33)48(46,47)30-4-2-1-3-5-30/h1-13,15-18,20,31-33,41H,14,19,21-22,24-25H2/b35-20+. The fourth-order valence-corrected chi connectivity index (χ4v) is 8.74. The zero-order chi connectivity index (χ0) is 33.3. The highest BCUT2D eigenvalue weighted by Crippen LogP contribution is 2.53. The maximum atomic E-state index is 14.8. The van der Waals surface area contributed by atoms with Gasteiger partial charge in [0.25, 0.3) is 5.91 Å². The Labute approximate surface area is 279 Å². The first kappa shape index (κ1) is 31.4. The van der Waals surface area contributed by atoms with Gasteiger partial charge < -0.3 is 5.32 Å². The van der Waals surface area contributed by atoms with Crippen molar-refractivity contribution in [1.29, 1.82) is 5.26 Å². The third-order valence-electron chi connectivity index (χ3n) is 9.80. The lowest BCUT2D eigenvalue weighted by atomic mass is 9.85. The van der Waals surface area contributed by atoms with Crippen molar-refractivity contribution in [2.24, 2.45) is 17.8 Å². The molecule has 4 heterocycles. The predicted octanol–water partition coefficient (Wildman–Crippen LogP) is 3.99. The number of ketones is 1. The number of nitrogens with one attached hydrogen (secondary N) is 1. The molecule has 2 aromatic carbocycles. The summed E-state index contributed by atoms with van der Waals surface area (Å²) in [6.45, 7) is 1.18. The number of allylic oxidation sites excluding steroid dienone is 1. The van der Waals surface area contributed by atoms with Crippen molar-refractivity contribution in [1.82, 2.24) is 24.5 Å². The Bertz CT molecular complexity index is 1960. The largest absolute Gasteiger partial charge is 0.357 e. The van der Waals surface area contributed by atoms with E-state index in [1.165, 1.54) is 6.08 Å². The minimum atomic E-state index is -3.63. The zero-order valence-corrected chi connectivity index (χ0v) is 27.0. The molecule has 0 bridgehead atoms. The summed E-state index contributed by atoms with van der Waals surface area (Å²) >= 11 is 0. The van der Waals surface area contributed by atoms with E-state index in [0.29, 0.717) is 55.8 Å². The third-order valence-corrected chi connectivity index (χ3v) is 11.7. The number of carbonyl (C=O) groups excluding carboxylic acids is 2. The van der Waals surface area contributed by atoms with Gasteiger partial charge in [0.05, 0.1) is 16.5 Å². The number of rotatable bonds is 10. The van der Waals surface area contributed by atoms with Gasteiger partial charge in [0.1, 0.15) is 11.4 Å². The first-order valence-electron chi connectivity index (χ1n) is 16.0. The number of hydrogen-bond acceptors (Lipinski definition) is 8. The van der Waals surface area contributed by atoms with Crippen molar-refractivity contribution in [3.8, 4) is 6.07 Å². The van der Waals surface area contributed by atoms with Gasteiger partial charge in [-0.1, -0.05) is 18.2 Å². The average Bonchev–Trinajstić information content (AvgIpc) is 3.76. The minimum absolute atomic E-state index is 0.0813.